The Morgan fingerprint density at radius 3 is 2.61 bits per heavy atom. The van der Waals surface area contributed by atoms with Gasteiger partial charge in [0, 0.05) is 45.0 Å². The summed E-state index contributed by atoms with van der Waals surface area (Å²) in [6.45, 7) is 2.90. The Balaban J connectivity index is 1.48. The SMILES string of the molecule is O=C(CCNC(=O)N1CCCC1c1ccncc1)N1CCCC1. The minimum atomic E-state index is -0.0708. The molecule has 0 aliphatic carbocycles. The third kappa shape index (κ3) is 3.81. The normalized spacial score (nSPS) is 20.8. The summed E-state index contributed by atoms with van der Waals surface area (Å²) in [5.41, 5.74) is 1.13. The molecule has 124 valence electrons. The Bertz CT molecular complexity index is 543. The van der Waals surface area contributed by atoms with Gasteiger partial charge in [-0.1, -0.05) is 0 Å². The van der Waals surface area contributed by atoms with Gasteiger partial charge in [-0.3, -0.25) is 9.78 Å². The second-order valence-electron chi connectivity index (χ2n) is 6.20. The number of pyridine rings is 1. The number of rotatable bonds is 4. The van der Waals surface area contributed by atoms with Crippen LogP contribution in [-0.4, -0.2) is 52.9 Å². The molecule has 1 atom stereocenters. The lowest BCUT2D eigenvalue weighted by Gasteiger charge is -2.25. The van der Waals surface area contributed by atoms with Crippen LogP contribution in [0.4, 0.5) is 4.79 Å². The third-order valence-electron chi connectivity index (χ3n) is 4.68. The first-order valence-electron chi connectivity index (χ1n) is 8.48. The number of hydrogen-bond acceptors (Lipinski definition) is 3. The van der Waals surface area contributed by atoms with Gasteiger partial charge in [0.1, 0.15) is 0 Å². The van der Waals surface area contributed by atoms with Crippen LogP contribution in [0, 0.1) is 0 Å². The van der Waals surface area contributed by atoms with E-state index in [0.29, 0.717) is 13.0 Å². The number of urea groups is 1. The molecule has 0 aromatic carbocycles. The molecule has 3 heterocycles. The van der Waals surface area contributed by atoms with E-state index in [1.54, 1.807) is 12.4 Å². The Kier molecular flexibility index (Phi) is 5.10. The van der Waals surface area contributed by atoms with E-state index in [1.165, 1.54) is 0 Å². The van der Waals surface area contributed by atoms with Crippen molar-refractivity contribution in [1.82, 2.24) is 20.1 Å². The monoisotopic (exact) mass is 316 g/mol. The van der Waals surface area contributed by atoms with Gasteiger partial charge in [-0.2, -0.15) is 0 Å². The van der Waals surface area contributed by atoms with Crippen molar-refractivity contribution in [1.29, 1.82) is 0 Å². The number of amides is 3. The van der Waals surface area contributed by atoms with Crippen LogP contribution in [0.2, 0.25) is 0 Å². The summed E-state index contributed by atoms with van der Waals surface area (Å²) in [5.74, 6) is 0.148. The van der Waals surface area contributed by atoms with Crippen LogP contribution in [0.5, 0.6) is 0 Å². The van der Waals surface area contributed by atoms with Gasteiger partial charge in [0.2, 0.25) is 5.91 Å². The van der Waals surface area contributed by atoms with Gasteiger partial charge in [-0.05, 0) is 43.4 Å². The van der Waals surface area contributed by atoms with Crippen molar-refractivity contribution in [3.05, 3.63) is 30.1 Å². The van der Waals surface area contributed by atoms with Crippen molar-refractivity contribution in [3.63, 3.8) is 0 Å². The molecular weight excluding hydrogens is 292 g/mol. The van der Waals surface area contributed by atoms with Crippen LogP contribution in [0.1, 0.15) is 43.7 Å². The molecule has 6 heteroatoms. The average molecular weight is 316 g/mol. The maximum Gasteiger partial charge on any atom is 0.317 e. The number of carbonyl (C=O) groups excluding carboxylic acids is 2. The van der Waals surface area contributed by atoms with Crippen LogP contribution in [0.3, 0.4) is 0 Å². The summed E-state index contributed by atoms with van der Waals surface area (Å²) in [5, 5.41) is 2.90. The Labute approximate surface area is 136 Å². The van der Waals surface area contributed by atoms with Crippen LogP contribution < -0.4 is 5.32 Å². The number of hydrogen-bond donors (Lipinski definition) is 1. The lowest BCUT2D eigenvalue weighted by atomic mass is 10.1. The zero-order chi connectivity index (χ0) is 16.1. The highest BCUT2D eigenvalue weighted by Crippen LogP contribution is 2.31. The standard InChI is InChI=1S/C17H24N4O2/c22-16(20-11-1-2-12-20)7-10-19-17(23)21-13-3-4-15(21)14-5-8-18-9-6-14/h5-6,8-9,15H,1-4,7,10-13H2,(H,19,23). The van der Waals surface area contributed by atoms with E-state index >= 15 is 0 Å². The molecule has 1 unspecified atom stereocenters. The van der Waals surface area contributed by atoms with Gasteiger partial charge in [-0.25, -0.2) is 4.79 Å². The van der Waals surface area contributed by atoms with E-state index in [2.05, 4.69) is 10.3 Å². The van der Waals surface area contributed by atoms with Gasteiger partial charge in [0.15, 0.2) is 0 Å². The van der Waals surface area contributed by atoms with E-state index in [9.17, 15) is 9.59 Å². The van der Waals surface area contributed by atoms with Gasteiger partial charge in [-0.15, -0.1) is 0 Å². The molecule has 2 aliphatic rings. The molecule has 3 amide bonds. The van der Waals surface area contributed by atoms with Crippen molar-refractivity contribution in [2.45, 2.75) is 38.1 Å². The second kappa shape index (κ2) is 7.44. The minimum absolute atomic E-state index is 0.0708. The van der Waals surface area contributed by atoms with E-state index in [4.69, 9.17) is 0 Å². The smallest absolute Gasteiger partial charge is 0.317 e. The average Bonchev–Trinajstić information content (AvgIpc) is 3.27. The molecule has 0 saturated carbocycles. The van der Waals surface area contributed by atoms with Crippen molar-refractivity contribution >= 4 is 11.9 Å². The fraction of sp³-hybridized carbons (Fsp3) is 0.588. The van der Waals surface area contributed by atoms with Gasteiger partial charge < -0.3 is 15.1 Å². The molecule has 1 aromatic heterocycles. The zero-order valence-corrected chi connectivity index (χ0v) is 13.4. The maximum atomic E-state index is 12.4. The number of nitrogens with zero attached hydrogens (tertiary/aromatic N) is 3. The van der Waals surface area contributed by atoms with Crippen LogP contribution in [-0.2, 0) is 4.79 Å². The van der Waals surface area contributed by atoms with E-state index in [1.807, 2.05) is 21.9 Å². The van der Waals surface area contributed by atoms with Crippen LogP contribution in [0.25, 0.3) is 0 Å². The summed E-state index contributed by atoms with van der Waals surface area (Å²) < 4.78 is 0. The zero-order valence-electron chi connectivity index (χ0n) is 13.4. The molecule has 6 nitrogen and oxygen atoms in total. The largest absolute Gasteiger partial charge is 0.343 e. The van der Waals surface area contributed by atoms with Crippen LogP contribution >= 0.6 is 0 Å². The van der Waals surface area contributed by atoms with Crippen molar-refractivity contribution < 1.29 is 9.59 Å². The molecule has 2 aliphatic heterocycles. The van der Waals surface area contributed by atoms with Crippen LogP contribution in [0.15, 0.2) is 24.5 Å². The molecule has 0 bridgehead atoms. The van der Waals surface area contributed by atoms with Gasteiger partial charge >= 0.3 is 6.03 Å². The predicted molar refractivity (Wildman–Crippen MR) is 86.7 cm³/mol. The van der Waals surface area contributed by atoms with E-state index in [-0.39, 0.29) is 18.0 Å². The summed E-state index contributed by atoms with van der Waals surface area (Å²) in [7, 11) is 0. The van der Waals surface area contributed by atoms with Crippen molar-refractivity contribution in [2.24, 2.45) is 0 Å². The molecule has 3 rings (SSSR count). The first kappa shape index (κ1) is 15.8. The molecule has 1 N–H and O–H groups in total. The van der Waals surface area contributed by atoms with Gasteiger partial charge in [0.25, 0.3) is 0 Å². The summed E-state index contributed by atoms with van der Waals surface area (Å²) in [4.78, 5) is 32.2. The minimum Gasteiger partial charge on any atom is -0.343 e. The fourth-order valence-electron chi connectivity index (χ4n) is 3.44. The van der Waals surface area contributed by atoms with E-state index < -0.39 is 0 Å². The fourth-order valence-corrected chi connectivity index (χ4v) is 3.44. The molecule has 0 radical (unpaired) electrons. The summed E-state index contributed by atoms with van der Waals surface area (Å²) in [6.07, 6.45) is 8.09. The lowest BCUT2D eigenvalue weighted by Crippen LogP contribution is -2.41. The topological polar surface area (TPSA) is 65.5 Å². The summed E-state index contributed by atoms with van der Waals surface area (Å²) in [6, 6.07) is 3.98. The highest BCUT2D eigenvalue weighted by atomic mass is 16.2. The van der Waals surface area contributed by atoms with Gasteiger partial charge in [0.05, 0.1) is 6.04 Å². The second-order valence-corrected chi connectivity index (χ2v) is 6.20. The quantitative estimate of drug-likeness (QED) is 0.923. The summed E-state index contributed by atoms with van der Waals surface area (Å²) >= 11 is 0. The molecule has 23 heavy (non-hydrogen) atoms. The Morgan fingerprint density at radius 1 is 1.13 bits per heavy atom. The van der Waals surface area contributed by atoms with Crippen molar-refractivity contribution in [3.8, 4) is 0 Å². The molecular formula is C17H24N4O2. The van der Waals surface area contributed by atoms with Crippen molar-refractivity contribution in [2.75, 3.05) is 26.2 Å². The maximum absolute atomic E-state index is 12.4. The molecule has 2 saturated heterocycles. The Morgan fingerprint density at radius 2 is 1.87 bits per heavy atom. The number of aromatic nitrogens is 1. The first-order chi connectivity index (χ1) is 11.3. The Hall–Kier alpha value is -2.11. The molecule has 2 fully saturated rings. The molecule has 1 aromatic rings. The highest BCUT2D eigenvalue weighted by Gasteiger charge is 2.29. The predicted octanol–water partition coefficient (Wildman–Crippen LogP) is 1.94. The molecule has 0 spiro atoms. The van der Waals surface area contributed by atoms with E-state index in [0.717, 1.165) is 50.9 Å². The third-order valence-corrected chi connectivity index (χ3v) is 4.68. The first-order valence-corrected chi connectivity index (χ1v) is 8.48. The number of carbonyl (C=O) groups is 2. The number of nitrogens with one attached hydrogen (secondary N) is 1. The highest BCUT2D eigenvalue weighted by molar-refractivity contribution is 5.78. The lowest BCUT2D eigenvalue weighted by molar-refractivity contribution is -0.129. The number of likely N-dealkylation sites (tertiary alicyclic amines) is 2.